The maximum absolute atomic E-state index is 13.0. The van der Waals surface area contributed by atoms with Gasteiger partial charge in [0.25, 0.3) is 5.76 Å². The first kappa shape index (κ1) is 22.7. The van der Waals surface area contributed by atoms with Crippen molar-refractivity contribution in [3.05, 3.63) is 84.2 Å². The van der Waals surface area contributed by atoms with Crippen molar-refractivity contribution in [1.82, 2.24) is 19.9 Å². The minimum absolute atomic E-state index is 0.105. The monoisotopic (exact) mass is 468 g/mol. The Kier molecular flexibility index (Phi) is 7.19. The third-order valence-corrected chi connectivity index (χ3v) is 5.70. The van der Waals surface area contributed by atoms with E-state index >= 15 is 0 Å². The van der Waals surface area contributed by atoms with Gasteiger partial charge in [0.2, 0.25) is 5.91 Å². The van der Waals surface area contributed by atoms with Crippen molar-refractivity contribution in [2.75, 3.05) is 0 Å². The number of aromatic nitrogens is 3. The van der Waals surface area contributed by atoms with Crippen LogP contribution in [0.1, 0.15) is 24.1 Å². The van der Waals surface area contributed by atoms with Gasteiger partial charge in [-0.3, -0.25) is 9.78 Å². The van der Waals surface area contributed by atoms with Crippen molar-refractivity contribution < 1.29 is 18.3 Å². The Bertz CT molecular complexity index is 1220. The van der Waals surface area contributed by atoms with Crippen LogP contribution in [0.2, 0.25) is 0 Å². The van der Waals surface area contributed by atoms with Crippen molar-refractivity contribution in [3.8, 4) is 5.75 Å². The van der Waals surface area contributed by atoms with Crippen LogP contribution in [0.3, 0.4) is 0 Å². The predicted molar refractivity (Wildman–Crippen MR) is 123 cm³/mol. The van der Waals surface area contributed by atoms with Crippen LogP contribution in [0.25, 0.3) is 11.0 Å². The van der Waals surface area contributed by atoms with E-state index in [4.69, 9.17) is 4.74 Å². The van der Waals surface area contributed by atoms with Crippen LogP contribution in [0, 0.1) is 0 Å². The van der Waals surface area contributed by atoms with Crippen LogP contribution in [-0.2, 0) is 17.9 Å². The number of nitrogens with one attached hydrogen (secondary N) is 1. The SMILES string of the molecule is CC(NC(=O)Cn1c(SC(F)F)nc2ccccc21)c1ccc(OCc2cccnc2)cc1. The molecule has 170 valence electrons. The van der Waals surface area contributed by atoms with E-state index in [9.17, 15) is 13.6 Å². The van der Waals surface area contributed by atoms with Gasteiger partial charge in [-0.15, -0.1) is 0 Å². The topological polar surface area (TPSA) is 69.0 Å². The maximum atomic E-state index is 13.0. The van der Waals surface area contributed by atoms with E-state index in [2.05, 4.69) is 15.3 Å². The summed E-state index contributed by atoms with van der Waals surface area (Å²) in [4.78, 5) is 21.0. The zero-order chi connectivity index (χ0) is 23.2. The zero-order valence-corrected chi connectivity index (χ0v) is 18.6. The second-order valence-electron chi connectivity index (χ2n) is 7.36. The first-order chi connectivity index (χ1) is 16.0. The van der Waals surface area contributed by atoms with Crippen LogP contribution in [0.4, 0.5) is 8.78 Å². The van der Waals surface area contributed by atoms with E-state index in [1.165, 1.54) is 4.57 Å². The van der Waals surface area contributed by atoms with E-state index < -0.39 is 5.76 Å². The molecule has 1 amide bonds. The number of halogens is 2. The summed E-state index contributed by atoms with van der Waals surface area (Å²) in [5, 5.41) is 3.04. The van der Waals surface area contributed by atoms with Crippen molar-refractivity contribution >= 4 is 28.7 Å². The number of nitrogens with zero attached hydrogens (tertiary/aromatic N) is 3. The van der Waals surface area contributed by atoms with Gasteiger partial charge in [-0.2, -0.15) is 8.78 Å². The highest BCUT2D eigenvalue weighted by atomic mass is 32.2. The van der Waals surface area contributed by atoms with E-state index in [1.54, 1.807) is 36.7 Å². The number of carbonyl (C=O) groups is 1. The first-order valence-corrected chi connectivity index (χ1v) is 11.2. The van der Waals surface area contributed by atoms with E-state index in [0.717, 1.165) is 11.1 Å². The highest BCUT2D eigenvalue weighted by Crippen LogP contribution is 2.28. The van der Waals surface area contributed by atoms with Crippen LogP contribution in [0.5, 0.6) is 5.75 Å². The Hall–Kier alpha value is -3.46. The molecule has 0 aliphatic heterocycles. The molecule has 1 unspecified atom stereocenters. The Balaban J connectivity index is 1.39. The number of rotatable bonds is 9. The van der Waals surface area contributed by atoms with Gasteiger partial charge in [0.1, 0.15) is 18.9 Å². The average molecular weight is 469 g/mol. The van der Waals surface area contributed by atoms with E-state index in [1.807, 2.05) is 43.3 Å². The molecular weight excluding hydrogens is 446 g/mol. The molecular formula is C24H22F2N4O2S. The summed E-state index contributed by atoms with van der Waals surface area (Å²) in [6, 6.07) is 18.0. The zero-order valence-electron chi connectivity index (χ0n) is 17.8. The number of ether oxygens (including phenoxy) is 1. The van der Waals surface area contributed by atoms with Gasteiger partial charge in [0, 0.05) is 18.0 Å². The van der Waals surface area contributed by atoms with Gasteiger partial charge >= 0.3 is 0 Å². The summed E-state index contributed by atoms with van der Waals surface area (Å²) in [6.07, 6.45) is 3.46. The van der Waals surface area contributed by atoms with Crippen molar-refractivity contribution in [1.29, 1.82) is 0 Å². The lowest BCUT2D eigenvalue weighted by atomic mass is 10.1. The molecule has 0 saturated carbocycles. The fourth-order valence-electron chi connectivity index (χ4n) is 3.39. The quantitative estimate of drug-likeness (QED) is 0.342. The summed E-state index contributed by atoms with van der Waals surface area (Å²) in [5.41, 5.74) is 3.08. The van der Waals surface area contributed by atoms with Crippen molar-refractivity contribution in [2.45, 2.75) is 37.0 Å². The van der Waals surface area contributed by atoms with Crippen LogP contribution in [-0.4, -0.2) is 26.2 Å². The molecule has 0 saturated heterocycles. The standard InChI is InChI=1S/C24H22F2N4O2S/c1-16(18-8-10-19(11-9-18)32-15-17-5-4-12-27-13-17)28-22(31)14-30-21-7-3-2-6-20(21)29-24(30)33-23(25)26/h2-13,16,23H,14-15H2,1H3,(H,28,31). The van der Waals surface area contributed by atoms with Gasteiger partial charge in [0.05, 0.1) is 17.1 Å². The Morgan fingerprint density at radius 3 is 2.64 bits per heavy atom. The smallest absolute Gasteiger partial charge is 0.291 e. The van der Waals surface area contributed by atoms with Crippen LogP contribution >= 0.6 is 11.8 Å². The number of fused-ring (bicyclic) bond motifs is 1. The maximum Gasteiger partial charge on any atom is 0.291 e. The number of hydrogen-bond donors (Lipinski definition) is 1. The molecule has 0 bridgehead atoms. The third-order valence-electron chi connectivity index (χ3n) is 5.00. The number of para-hydroxylation sites is 2. The molecule has 4 aromatic rings. The number of amides is 1. The first-order valence-electron chi connectivity index (χ1n) is 10.3. The molecule has 6 nitrogen and oxygen atoms in total. The summed E-state index contributed by atoms with van der Waals surface area (Å²) < 4.78 is 33.2. The van der Waals surface area contributed by atoms with Crippen LogP contribution in [0.15, 0.2) is 78.2 Å². The molecule has 0 spiro atoms. The van der Waals surface area contributed by atoms with E-state index in [0.29, 0.717) is 35.2 Å². The number of hydrogen-bond acceptors (Lipinski definition) is 5. The minimum Gasteiger partial charge on any atom is -0.489 e. The molecule has 1 N–H and O–H groups in total. The Morgan fingerprint density at radius 2 is 1.91 bits per heavy atom. The number of alkyl halides is 2. The highest BCUT2D eigenvalue weighted by Gasteiger charge is 2.19. The number of thioether (sulfide) groups is 1. The lowest BCUT2D eigenvalue weighted by Gasteiger charge is -2.16. The van der Waals surface area contributed by atoms with Gasteiger partial charge in [-0.1, -0.05) is 30.3 Å². The van der Waals surface area contributed by atoms with Gasteiger partial charge < -0.3 is 14.6 Å². The Labute approximate surface area is 194 Å². The lowest BCUT2D eigenvalue weighted by Crippen LogP contribution is -2.30. The van der Waals surface area contributed by atoms with E-state index in [-0.39, 0.29) is 23.7 Å². The number of imidazole rings is 1. The second kappa shape index (κ2) is 10.4. The predicted octanol–water partition coefficient (Wildman–Crippen LogP) is 5.20. The summed E-state index contributed by atoms with van der Waals surface area (Å²) in [6.45, 7) is 2.17. The van der Waals surface area contributed by atoms with Crippen molar-refractivity contribution in [3.63, 3.8) is 0 Å². The number of benzene rings is 2. The molecule has 4 rings (SSSR count). The molecule has 2 heterocycles. The van der Waals surface area contributed by atoms with Crippen LogP contribution < -0.4 is 10.1 Å². The lowest BCUT2D eigenvalue weighted by molar-refractivity contribution is -0.122. The Morgan fingerprint density at radius 1 is 1.12 bits per heavy atom. The second-order valence-corrected chi connectivity index (χ2v) is 8.31. The molecule has 0 fully saturated rings. The summed E-state index contributed by atoms with van der Waals surface area (Å²) in [5.74, 6) is -2.21. The number of carbonyl (C=O) groups excluding carboxylic acids is 1. The fourth-order valence-corrected chi connectivity index (χ4v) is 3.99. The summed E-state index contributed by atoms with van der Waals surface area (Å²) >= 11 is 0.333. The molecule has 2 aromatic carbocycles. The summed E-state index contributed by atoms with van der Waals surface area (Å²) in [7, 11) is 0. The van der Waals surface area contributed by atoms with Crippen molar-refractivity contribution in [2.24, 2.45) is 0 Å². The molecule has 33 heavy (non-hydrogen) atoms. The fraction of sp³-hybridized carbons (Fsp3) is 0.208. The molecule has 0 aliphatic rings. The molecule has 1 atom stereocenters. The van der Waals surface area contributed by atoms with Gasteiger partial charge in [-0.25, -0.2) is 4.98 Å². The van der Waals surface area contributed by atoms with Gasteiger partial charge in [-0.05, 0) is 54.6 Å². The molecule has 0 radical (unpaired) electrons. The third kappa shape index (κ3) is 5.87. The molecule has 0 aliphatic carbocycles. The molecule has 2 aromatic heterocycles. The van der Waals surface area contributed by atoms with Gasteiger partial charge in [0.15, 0.2) is 5.16 Å². The largest absolute Gasteiger partial charge is 0.489 e. The normalized spacial score (nSPS) is 12.1. The molecule has 9 heteroatoms. The number of pyridine rings is 1. The average Bonchev–Trinajstić information content (AvgIpc) is 3.14. The highest BCUT2D eigenvalue weighted by molar-refractivity contribution is 7.99. The minimum atomic E-state index is -2.62.